The van der Waals surface area contributed by atoms with E-state index in [1.807, 2.05) is 50.2 Å². The summed E-state index contributed by atoms with van der Waals surface area (Å²) in [4.78, 5) is 23.7. The lowest BCUT2D eigenvalue weighted by Crippen LogP contribution is -2.14. The van der Waals surface area contributed by atoms with E-state index in [4.69, 9.17) is 4.74 Å². The Kier molecular flexibility index (Phi) is 5.33. The topological polar surface area (TPSA) is 125 Å². The zero-order valence-electron chi connectivity index (χ0n) is 19.1. The largest absolute Gasteiger partial charge is 0.496 e. The van der Waals surface area contributed by atoms with Gasteiger partial charge in [0.25, 0.3) is 11.6 Å². The number of nitrogens with one attached hydrogen (secondary N) is 1. The molecule has 174 valence electrons. The van der Waals surface area contributed by atoms with Crippen LogP contribution in [0.4, 0.5) is 11.4 Å². The summed E-state index contributed by atoms with van der Waals surface area (Å²) in [6.07, 6.45) is 0. The molecule has 0 fully saturated rings. The first-order valence-corrected chi connectivity index (χ1v) is 10.7. The van der Waals surface area contributed by atoms with Gasteiger partial charge in [0.15, 0.2) is 11.5 Å². The molecule has 0 aliphatic carbocycles. The minimum absolute atomic E-state index is 0.0585. The SMILES string of the molecule is COc1ccc([N+](=O)[O-])cc1C(=O)Nc1cc(-c2nnc3c4ccccc4c(C)nn23)ccc1C. The lowest BCUT2D eigenvalue weighted by molar-refractivity contribution is -0.384. The van der Waals surface area contributed by atoms with Crippen LogP contribution in [-0.2, 0) is 0 Å². The van der Waals surface area contributed by atoms with E-state index >= 15 is 0 Å². The zero-order valence-corrected chi connectivity index (χ0v) is 19.1. The van der Waals surface area contributed by atoms with E-state index in [9.17, 15) is 14.9 Å². The van der Waals surface area contributed by atoms with E-state index in [-0.39, 0.29) is 17.0 Å². The zero-order chi connectivity index (χ0) is 24.7. The minimum Gasteiger partial charge on any atom is -0.496 e. The average molecular weight is 468 g/mol. The van der Waals surface area contributed by atoms with Crippen molar-refractivity contribution in [2.45, 2.75) is 13.8 Å². The van der Waals surface area contributed by atoms with E-state index in [0.717, 1.165) is 22.0 Å². The normalized spacial score (nSPS) is 11.1. The minimum atomic E-state index is -0.558. The molecule has 0 radical (unpaired) electrons. The fourth-order valence-electron chi connectivity index (χ4n) is 3.99. The average Bonchev–Trinajstić information content (AvgIpc) is 3.29. The van der Waals surface area contributed by atoms with Crippen LogP contribution in [-0.4, -0.2) is 37.8 Å². The first-order chi connectivity index (χ1) is 16.9. The smallest absolute Gasteiger partial charge is 0.270 e. The van der Waals surface area contributed by atoms with E-state index in [1.54, 1.807) is 10.6 Å². The molecule has 5 rings (SSSR count). The second-order valence-corrected chi connectivity index (χ2v) is 8.02. The summed E-state index contributed by atoms with van der Waals surface area (Å²) in [6, 6.07) is 17.3. The highest BCUT2D eigenvalue weighted by Crippen LogP contribution is 2.29. The third-order valence-corrected chi connectivity index (χ3v) is 5.83. The number of nitro groups is 1. The van der Waals surface area contributed by atoms with Gasteiger partial charge in [0.05, 0.1) is 23.3 Å². The van der Waals surface area contributed by atoms with Gasteiger partial charge in [-0.25, -0.2) is 0 Å². The molecule has 10 heteroatoms. The Morgan fingerprint density at radius 3 is 2.54 bits per heavy atom. The number of carbonyl (C=O) groups excluding carboxylic acids is 1. The van der Waals surface area contributed by atoms with Gasteiger partial charge in [-0.2, -0.15) is 9.61 Å². The second kappa shape index (κ2) is 8.49. The third-order valence-electron chi connectivity index (χ3n) is 5.83. The number of carbonyl (C=O) groups is 1. The van der Waals surface area contributed by atoms with Crippen molar-refractivity contribution in [1.29, 1.82) is 0 Å². The van der Waals surface area contributed by atoms with Crippen molar-refractivity contribution in [2.75, 3.05) is 12.4 Å². The lowest BCUT2D eigenvalue weighted by atomic mass is 10.1. The van der Waals surface area contributed by atoms with Gasteiger partial charge < -0.3 is 10.1 Å². The number of nitrogens with zero attached hydrogens (tertiary/aromatic N) is 5. The number of methoxy groups -OCH3 is 1. The summed E-state index contributed by atoms with van der Waals surface area (Å²) in [5.41, 5.74) is 3.35. The van der Waals surface area contributed by atoms with Crippen LogP contribution in [0.3, 0.4) is 0 Å². The third kappa shape index (κ3) is 3.80. The van der Waals surface area contributed by atoms with E-state index in [0.29, 0.717) is 22.7 Å². The van der Waals surface area contributed by atoms with Crippen LogP contribution in [0.1, 0.15) is 21.6 Å². The van der Waals surface area contributed by atoms with Crippen LogP contribution in [0.15, 0.2) is 60.7 Å². The van der Waals surface area contributed by atoms with E-state index in [1.165, 1.54) is 25.3 Å². The van der Waals surface area contributed by atoms with Crippen LogP contribution in [0.2, 0.25) is 0 Å². The molecule has 1 N–H and O–H groups in total. The van der Waals surface area contributed by atoms with Crippen LogP contribution >= 0.6 is 0 Å². The van der Waals surface area contributed by atoms with E-state index in [2.05, 4.69) is 20.6 Å². The molecular formula is C25H20N6O4. The molecule has 0 aliphatic heterocycles. The standard InChI is InChI=1S/C25H20N6O4/c1-14-8-9-16(23-27-28-24-19-7-5-4-6-18(19)15(2)29-30(23)24)12-21(14)26-25(32)20-13-17(31(33)34)10-11-22(20)35-3/h4-13H,1-3H3,(H,26,32). The number of rotatable bonds is 5. The number of ether oxygens (including phenoxy) is 1. The van der Waals surface area contributed by atoms with Crippen LogP contribution in [0.5, 0.6) is 5.75 Å². The van der Waals surface area contributed by atoms with Crippen molar-refractivity contribution in [1.82, 2.24) is 19.8 Å². The molecule has 0 saturated carbocycles. The summed E-state index contributed by atoms with van der Waals surface area (Å²) in [6.45, 7) is 3.78. The number of non-ortho nitro benzene ring substituents is 1. The molecule has 5 aromatic rings. The van der Waals surface area contributed by atoms with Gasteiger partial charge in [-0.05, 0) is 31.5 Å². The second-order valence-electron chi connectivity index (χ2n) is 8.02. The number of nitro benzene ring substituents is 1. The number of benzene rings is 3. The molecule has 2 aromatic heterocycles. The molecule has 35 heavy (non-hydrogen) atoms. The highest BCUT2D eigenvalue weighted by molar-refractivity contribution is 6.07. The van der Waals surface area contributed by atoms with Gasteiger partial charge in [-0.15, -0.1) is 10.2 Å². The predicted molar refractivity (Wildman–Crippen MR) is 131 cm³/mol. The van der Waals surface area contributed by atoms with Crippen molar-refractivity contribution in [3.63, 3.8) is 0 Å². The number of aryl methyl sites for hydroxylation is 2. The van der Waals surface area contributed by atoms with Crippen molar-refractivity contribution in [2.24, 2.45) is 0 Å². The Morgan fingerprint density at radius 1 is 1.03 bits per heavy atom. The molecular weight excluding hydrogens is 448 g/mol. The van der Waals surface area contributed by atoms with Crippen LogP contribution in [0.25, 0.3) is 27.8 Å². The molecule has 0 atom stereocenters. The fourth-order valence-corrected chi connectivity index (χ4v) is 3.99. The van der Waals surface area contributed by atoms with Crippen molar-refractivity contribution >= 4 is 33.7 Å². The first kappa shape index (κ1) is 22.0. The quantitative estimate of drug-likeness (QED) is 0.292. The fraction of sp³-hybridized carbons (Fsp3) is 0.120. The summed E-state index contributed by atoms with van der Waals surface area (Å²) < 4.78 is 6.92. The molecule has 1 amide bonds. The summed E-state index contributed by atoms with van der Waals surface area (Å²) in [7, 11) is 1.40. The van der Waals surface area contributed by atoms with Gasteiger partial charge in [0, 0.05) is 34.2 Å². The van der Waals surface area contributed by atoms with Crippen LogP contribution in [0, 0.1) is 24.0 Å². The Morgan fingerprint density at radius 2 is 1.80 bits per heavy atom. The maximum Gasteiger partial charge on any atom is 0.270 e. The van der Waals surface area contributed by atoms with Gasteiger partial charge in [0.1, 0.15) is 5.75 Å². The predicted octanol–water partition coefficient (Wildman–Crippen LogP) is 4.73. The van der Waals surface area contributed by atoms with Crippen molar-refractivity contribution in [3.05, 3.63) is 87.6 Å². The Balaban J connectivity index is 1.56. The molecule has 3 aromatic carbocycles. The van der Waals surface area contributed by atoms with Crippen molar-refractivity contribution in [3.8, 4) is 17.1 Å². The summed E-state index contributed by atoms with van der Waals surface area (Å²) in [5, 5.41) is 29.4. The molecule has 0 spiro atoms. The number of anilines is 1. The Hall–Kier alpha value is -4.86. The summed E-state index contributed by atoms with van der Waals surface area (Å²) in [5.74, 6) is 0.228. The maximum atomic E-state index is 13.1. The number of amides is 1. The maximum absolute atomic E-state index is 13.1. The van der Waals surface area contributed by atoms with Crippen molar-refractivity contribution < 1.29 is 14.5 Å². The summed E-state index contributed by atoms with van der Waals surface area (Å²) >= 11 is 0. The highest BCUT2D eigenvalue weighted by atomic mass is 16.6. The molecule has 0 saturated heterocycles. The number of fused-ring (bicyclic) bond motifs is 3. The Labute approximate surface area is 199 Å². The molecule has 0 bridgehead atoms. The van der Waals surface area contributed by atoms with Crippen LogP contribution < -0.4 is 10.1 Å². The van der Waals surface area contributed by atoms with Gasteiger partial charge in [-0.1, -0.05) is 36.4 Å². The number of hydrogen-bond acceptors (Lipinski definition) is 7. The van der Waals surface area contributed by atoms with Gasteiger partial charge in [-0.3, -0.25) is 14.9 Å². The molecule has 0 aliphatic rings. The van der Waals surface area contributed by atoms with E-state index < -0.39 is 10.8 Å². The Bertz CT molecular complexity index is 1640. The monoisotopic (exact) mass is 468 g/mol. The number of aromatic nitrogens is 4. The van der Waals surface area contributed by atoms with Gasteiger partial charge >= 0.3 is 0 Å². The lowest BCUT2D eigenvalue weighted by Gasteiger charge is -2.12. The van der Waals surface area contributed by atoms with Gasteiger partial charge in [0.2, 0.25) is 0 Å². The molecule has 0 unspecified atom stereocenters. The highest BCUT2D eigenvalue weighted by Gasteiger charge is 2.19. The molecule has 10 nitrogen and oxygen atoms in total. The number of hydrogen-bond donors (Lipinski definition) is 1. The molecule has 2 heterocycles. The first-order valence-electron chi connectivity index (χ1n) is 10.7.